The summed E-state index contributed by atoms with van der Waals surface area (Å²) in [5.41, 5.74) is 0. The molecule has 0 aromatic rings. The highest BCUT2D eigenvalue weighted by atomic mass is 16.5. The van der Waals surface area contributed by atoms with Crippen molar-refractivity contribution in [2.24, 2.45) is 0 Å². The van der Waals surface area contributed by atoms with E-state index in [1.54, 1.807) is 0 Å². The molecular formula is C57H111NO5. The smallest absolute Gasteiger partial charge is 0.305 e. The average molecular weight is 891 g/mol. The largest absolute Gasteiger partial charge is 0.466 e. The van der Waals surface area contributed by atoms with Crippen LogP contribution in [0.3, 0.4) is 0 Å². The lowest BCUT2D eigenvalue weighted by molar-refractivity contribution is -0.143. The summed E-state index contributed by atoms with van der Waals surface area (Å²) in [7, 11) is 0. The van der Waals surface area contributed by atoms with E-state index in [1.807, 2.05) is 0 Å². The van der Waals surface area contributed by atoms with Crippen LogP contribution in [0.25, 0.3) is 0 Å². The number of ether oxygens (including phenoxy) is 1. The van der Waals surface area contributed by atoms with Crippen LogP contribution in [0.15, 0.2) is 12.2 Å². The molecule has 0 spiro atoms. The Morgan fingerprint density at radius 3 is 1.13 bits per heavy atom. The van der Waals surface area contributed by atoms with E-state index in [0.717, 1.165) is 57.8 Å². The Morgan fingerprint density at radius 1 is 0.429 bits per heavy atom. The van der Waals surface area contributed by atoms with Gasteiger partial charge in [-0.1, -0.05) is 264 Å². The third kappa shape index (κ3) is 49.9. The summed E-state index contributed by atoms with van der Waals surface area (Å²) in [4.78, 5) is 24.5. The summed E-state index contributed by atoms with van der Waals surface area (Å²) in [5.74, 6) is -0.0599. The molecule has 2 atom stereocenters. The van der Waals surface area contributed by atoms with Crippen LogP contribution in [0.1, 0.15) is 316 Å². The molecule has 0 saturated heterocycles. The highest BCUT2D eigenvalue weighted by Crippen LogP contribution is 2.17. The molecule has 6 heteroatoms. The zero-order chi connectivity index (χ0) is 45.8. The van der Waals surface area contributed by atoms with E-state index >= 15 is 0 Å². The molecule has 0 aliphatic rings. The van der Waals surface area contributed by atoms with E-state index in [9.17, 15) is 19.8 Å². The molecule has 0 rings (SSSR count). The predicted octanol–water partition coefficient (Wildman–Crippen LogP) is 17.3. The maximum Gasteiger partial charge on any atom is 0.305 e. The predicted molar refractivity (Wildman–Crippen MR) is 273 cm³/mol. The van der Waals surface area contributed by atoms with Gasteiger partial charge in [0.2, 0.25) is 5.91 Å². The van der Waals surface area contributed by atoms with Crippen molar-refractivity contribution in [3.8, 4) is 0 Å². The second-order valence-corrected chi connectivity index (χ2v) is 19.6. The summed E-state index contributed by atoms with van der Waals surface area (Å²) >= 11 is 0. The molecule has 2 unspecified atom stereocenters. The van der Waals surface area contributed by atoms with Crippen molar-refractivity contribution in [2.45, 2.75) is 328 Å². The van der Waals surface area contributed by atoms with Gasteiger partial charge in [0.05, 0.1) is 25.4 Å². The van der Waals surface area contributed by atoms with Crippen molar-refractivity contribution in [3.63, 3.8) is 0 Å². The lowest BCUT2D eigenvalue weighted by Gasteiger charge is -2.22. The fraction of sp³-hybridized carbons (Fsp3) is 0.930. The van der Waals surface area contributed by atoms with Crippen molar-refractivity contribution in [3.05, 3.63) is 12.2 Å². The first-order chi connectivity index (χ1) is 31.0. The molecule has 0 aliphatic heterocycles. The number of hydrogen-bond acceptors (Lipinski definition) is 5. The number of rotatable bonds is 53. The molecule has 0 fully saturated rings. The first-order valence-corrected chi connectivity index (χ1v) is 28.4. The van der Waals surface area contributed by atoms with Gasteiger partial charge in [-0.2, -0.15) is 0 Å². The molecule has 0 radical (unpaired) electrons. The number of carbonyl (C=O) groups excluding carboxylic acids is 2. The van der Waals surface area contributed by atoms with Gasteiger partial charge >= 0.3 is 5.97 Å². The van der Waals surface area contributed by atoms with E-state index in [0.29, 0.717) is 25.9 Å². The molecule has 63 heavy (non-hydrogen) atoms. The fourth-order valence-electron chi connectivity index (χ4n) is 8.93. The average Bonchev–Trinajstić information content (AvgIpc) is 3.28. The second-order valence-electron chi connectivity index (χ2n) is 19.6. The van der Waals surface area contributed by atoms with Gasteiger partial charge in [0.15, 0.2) is 0 Å². The Bertz CT molecular complexity index is 939. The SMILES string of the molecule is CCCCCCCC/C=C\CCCCCCCCCC(=O)OCCCCCCCCCCCCCCC(=O)NC(CO)C(O)CCCCCCCCCCCCCCCCCCC. The minimum absolute atomic E-state index is 0.0117. The number of aliphatic hydroxyl groups is 2. The molecule has 1 amide bonds. The minimum Gasteiger partial charge on any atom is -0.466 e. The van der Waals surface area contributed by atoms with E-state index in [2.05, 4.69) is 31.3 Å². The highest BCUT2D eigenvalue weighted by Gasteiger charge is 2.20. The molecule has 0 saturated carbocycles. The Labute approximate surface area is 393 Å². The molecule has 3 N–H and O–H groups in total. The maximum absolute atomic E-state index is 12.5. The normalized spacial score (nSPS) is 12.6. The number of esters is 1. The van der Waals surface area contributed by atoms with Crippen LogP contribution >= 0.6 is 0 Å². The molecule has 0 aliphatic carbocycles. The van der Waals surface area contributed by atoms with E-state index in [-0.39, 0.29) is 18.5 Å². The molecule has 0 aromatic carbocycles. The number of hydrogen-bond donors (Lipinski definition) is 3. The summed E-state index contributed by atoms with van der Waals surface area (Å²) < 4.78 is 5.47. The number of carbonyl (C=O) groups is 2. The molecule has 0 heterocycles. The van der Waals surface area contributed by atoms with Crippen LogP contribution in [-0.4, -0.2) is 47.4 Å². The quantitative estimate of drug-likeness (QED) is 0.0321. The monoisotopic (exact) mass is 890 g/mol. The fourth-order valence-corrected chi connectivity index (χ4v) is 8.93. The summed E-state index contributed by atoms with van der Waals surface area (Å²) in [5, 5.41) is 23.3. The standard InChI is InChI=1S/C57H111NO5/c1-3-5-7-9-11-13-15-17-19-21-23-25-29-33-37-41-45-49-55(60)54(53-59)58-56(61)50-46-42-38-34-30-27-28-32-36-40-44-48-52-63-57(62)51-47-43-39-35-31-26-24-22-20-18-16-14-12-10-8-6-4-2/h18,20,54-55,59-60H,3-17,19,21-53H2,1-2H3,(H,58,61)/b20-18-. The molecule has 0 aromatic heterocycles. The topological polar surface area (TPSA) is 95.9 Å². The zero-order valence-corrected chi connectivity index (χ0v) is 42.6. The number of allylic oxidation sites excluding steroid dienone is 2. The van der Waals surface area contributed by atoms with Gasteiger partial charge in [0.1, 0.15) is 0 Å². The number of aliphatic hydroxyl groups excluding tert-OH is 2. The van der Waals surface area contributed by atoms with Crippen molar-refractivity contribution >= 4 is 11.9 Å². The summed E-state index contributed by atoms with van der Waals surface area (Å²) in [6.45, 7) is 4.93. The Morgan fingerprint density at radius 2 is 0.746 bits per heavy atom. The van der Waals surface area contributed by atoms with Crippen molar-refractivity contribution in [2.75, 3.05) is 13.2 Å². The van der Waals surface area contributed by atoms with Gasteiger partial charge < -0.3 is 20.3 Å². The van der Waals surface area contributed by atoms with Gasteiger partial charge in [0, 0.05) is 12.8 Å². The van der Waals surface area contributed by atoms with E-state index in [1.165, 1.54) is 225 Å². The molecule has 374 valence electrons. The summed E-state index contributed by atoms with van der Waals surface area (Å²) in [6.07, 6.45) is 61.9. The van der Waals surface area contributed by atoms with Gasteiger partial charge in [-0.05, 0) is 51.4 Å². The van der Waals surface area contributed by atoms with Gasteiger partial charge in [-0.3, -0.25) is 9.59 Å². The second kappa shape index (κ2) is 53.2. The van der Waals surface area contributed by atoms with Gasteiger partial charge in [-0.15, -0.1) is 0 Å². The van der Waals surface area contributed by atoms with Crippen LogP contribution in [0.2, 0.25) is 0 Å². The molecule has 6 nitrogen and oxygen atoms in total. The lowest BCUT2D eigenvalue weighted by atomic mass is 10.0. The number of unbranched alkanes of at least 4 members (excludes halogenated alkanes) is 40. The Balaban J connectivity index is 3.44. The number of amides is 1. The van der Waals surface area contributed by atoms with Crippen LogP contribution in [-0.2, 0) is 14.3 Å². The van der Waals surface area contributed by atoms with Crippen molar-refractivity contribution < 1.29 is 24.5 Å². The van der Waals surface area contributed by atoms with Gasteiger partial charge in [-0.25, -0.2) is 0 Å². The minimum atomic E-state index is -0.674. The number of nitrogens with one attached hydrogen (secondary N) is 1. The Hall–Kier alpha value is -1.40. The van der Waals surface area contributed by atoms with E-state index in [4.69, 9.17) is 4.74 Å². The first kappa shape index (κ1) is 61.6. The van der Waals surface area contributed by atoms with Crippen LogP contribution < -0.4 is 5.32 Å². The third-order valence-corrected chi connectivity index (χ3v) is 13.3. The molecular weight excluding hydrogens is 779 g/mol. The Kier molecular flexibility index (Phi) is 52.0. The van der Waals surface area contributed by atoms with Crippen molar-refractivity contribution in [1.29, 1.82) is 0 Å². The highest BCUT2D eigenvalue weighted by molar-refractivity contribution is 5.76. The van der Waals surface area contributed by atoms with E-state index < -0.39 is 12.1 Å². The van der Waals surface area contributed by atoms with Crippen molar-refractivity contribution in [1.82, 2.24) is 5.32 Å². The van der Waals surface area contributed by atoms with Gasteiger partial charge in [0.25, 0.3) is 0 Å². The summed E-state index contributed by atoms with van der Waals surface area (Å²) in [6, 6.07) is -0.553. The first-order valence-electron chi connectivity index (χ1n) is 28.4. The zero-order valence-electron chi connectivity index (χ0n) is 42.6. The third-order valence-electron chi connectivity index (χ3n) is 13.3. The maximum atomic E-state index is 12.5. The van der Waals surface area contributed by atoms with Crippen LogP contribution in [0.4, 0.5) is 0 Å². The van der Waals surface area contributed by atoms with Crippen LogP contribution in [0, 0.1) is 0 Å². The molecule has 0 bridgehead atoms. The lowest BCUT2D eigenvalue weighted by Crippen LogP contribution is -2.45. The van der Waals surface area contributed by atoms with Crippen LogP contribution in [0.5, 0.6) is 0 Å².